The Morgan fingerprint density at radius 3 is 2.54 bits per heavy atom. The van der Waals surface area contributed by atoms with Gasteiger partial charge < -0.3 is 20.1 Å². The first kappa shape index (κ1) is 20.1. The van der Waals surface area contributed by atoms with Gasteiger partial charge in [0.2, 0.25) is 5.91 Å². The van der Waals surface area contributed by atoms with Crippen LogP contribution >= 0.6 is 0 Å². The van der Waals surface area contributed by atoms with Gasteiger partial charge in [0.15, 0.2) is 18.1 Å². The lowest BCUT2D eigenvalue weighted by atomic mass is 10.1. The predicted octanol–water partition coefficient (Wildman–Crippen LogP) is 2.37. The molecule has 5 nitrogen and oxygen atoms in total. The molecular weight excluding hydrogens is 325 g/mol. The number of benzene rings is 1. The lowest BCUT2D eigenvalue weighted by Gasteiger charge is -2.23. The molecule has 0 saturated carbocycles. The van der Waals surface area contributed by atoms with E-state index in [0.717, 1.165) is 5.56 Å². The van der Waals surface area contributed by atoms with Gasteiger partial charge >= 0.3 is 6.18 Å². The fourth-order valence-electron chi connectivity index (χ4n) is 1.98. The van der Waals surface area contributed by atoms with Crippen LogP contribution in [0.2, 0.25) is 0 Å². The first-order valence-corrected chi connectivity index (χ1v) is 7.50. The highest BCUT2D eigenvalue weighted by atomic mass is 19.4. The smallest absolute Gasteiger partial charge is 0.422 e. The number of aryl methyl sites for hydroxylation is 1. The fraction of sp³-hybridized carbons (Fsp3) is 0.562. The Labute approximate surface area is 139 Å². The number of nitrogens with two attached hydrogens (primary N) is 1. The van der Waals surface area contributed by atoms with Gasteiger partial charge in [-0.25, -0.2) is 0 Å². The number of alkyl halides is 3. The summed E-state index contributed by atoms with van der Waals surface area (Å²) in [7, 11) is 3.04. The molecule has 0 aliphatic carbocycles. The molecule has 0 aromatic heterocycles. The van der Waals surface area contributed by atoms with E-state index < -0.39 is 12.8 Å². The van der Waals surface area contributed by atoms with Crippen LogP contribution in [0.3, 0.4) is 0 Å². The Morgan fingerprint density at radius 2 is 2.00 bits per heavy atom. The van der Waals surface area contributed by atoms with Crippen LogP contribution < -0.4 is 15.2 Å². The Kier molecular flexibility index (Phi) is 7.34. The predicted molar refractivity (Wildman–Crippen MR) is 84.2 cm³/mol. The number of hydrogen-bond acceptors (Lipinski definition) is 4. The van der Waals surface area contributed by atoms with Crippen LogP contribution in [0.5, 0.6) is 11.5 Å². The molecule has 0 bridgehead atoms. The molecule has 24 heavy (non-hydrogen) atoms. The number of amides is 1. The largest absolute Gasteiger partial charge is 0.493 e. The van der Waals surface area contributed by atoms with Gasteiger partial charge in [-0.2, -0.15) is 13.2 Å². The van der Waals surface area contributed by atoms with Crippen molar-refractivity contribution in [3.05, 3.63) is 23.8 Å². The van der Waals surface area contributed by atoms with Crippen molar-refractivity contribution in [1.29, 1.82) is 0 Å². The summed E-state index contributed by atoms with van der Waals surface area (Å²) in [5, 5.41) is 0. The highest BCUT2D eigenvalue weighted by Gasteiger charge is 2.29. The summed E-state index contributed by atoms with van der Waals surface area (Å²) in [6.45, 7) is 0.845. The van der Waals surface area contributed by atoms with E-state index in [1.807, 2.05) is 6.92 Å². The Morgan fingerprint density at radius 1 is 1.33 bits per heavy atom. The van der Waals surface area contributed by atoms with Crippen molar-refractivity contribution in [3.63, 3.8) is 0 Å². The maximum absolute atomic E-state index is 12.2. The molecule has 0 saturated heterocycles. The summed E-state index contributed by atoms with van der Waals surface area (Å²) >= 11 is 0. The van der Waals surface area contributed by atoms with Crippen LogP contribution in [-0.2, 0) is 11.2 Å². The number of ether oxygens (including phenoxy) is 2. The summed E-state index contributed by atoms with van der Waals surface area (Å²) in [6, 6.07) is 4.56. The van der Waals surface area contributed by atoms with Crippen molar-refractivity contribution < 1.29 is 27.4 Å². The second-order valence-corrected chi connectivity index (χ2v) is 5.48. The summed E-state index contributed by atoms with van der Waals surface area (Å²) in [5.74, 6) is 0.163. The number of carbonyl (C=O) groups is 1. The normalized spacial score (nSPS) is 12.6. The van der Waals surface area contributed by atoms with Crippen molar-refractivity contribution >= 4 is 5.91 Å². The molecule has 1 aromatic rings. The Hall–Kier alpha value is -1.96. The molecule has 1 rings (SSSR count). The molecule has 8 heteroatoms. The highest BCUT2D eigenvalue weighted by molar-refractivity contribution is 5.76. The minimum absolute atomic E-state index is 0.0128. The number of nitrogens with zero attached hydrogens (tertiary/aromatic N) is 1. The van der Waals surface area contributed by atoms with E-state index in [9.17, 15) is 18.0 Å². The van der Waals surface area contributed by atoms with Crippen molar-refractivity contribution in [2.75, 3.05) is 27.3 Å². The second kappa shape index (κ2) is 8.77. The second-order valence-electron chi connectivity index (χ2n) is 5.48. The molecule has 1 aromatic carbocycles. The monoisotopic (exact) mass is 348 g/mol. The van der Waals surface area contributed by atoms with Gasteiger partial charge in [-0.15, -0.1) is 0 Å². The van der Waals surface area contributed by atoms with Gasteiger partial charge in [0.05, 0.1) is 7.11 Å². The lowest BCUT2D eigenvalue weighted by molar-refractivity contribution is -0.153. The number of carbonyl (C=O) groups excluding carboxylic acids is 1. The zero-order valence-electron chi connectivity index (χ0n) is 14.0. The molecular formula is C16H23F3N2O3. The SMILES string of the molecule is COc1cc(CCC(=O)N(C)C(C)CN)ccc1OCC(F)(F)F. The van der Waals surface area contributed by atoms with Gasteiger partial charge in [-0.05, 0) is 31.0 Å². The average Bonchev–Trinajstić information content (AvgIpc) is 2.55. The third kappa shape index (κ3) is 6.27. The van der Waals surface area contributed by atoms with Gasteiger partial charge in [0.1, 0.15) is 0 Å². The number of halogens is 3. The van der Waals surface area contributed by atoms with Crippen LogP contribution in [-0.4, -0.2) is 50.3 Å². The van der Waals surface area contributed by atoms with Gasteiger partial charge in [0.25, 0.3) is 0 Å². The minimum atomic E-state index is -4.42. The Balaban J connectivity index is 2.69. The summed E-state index contributed by atoms with van der Waals surface area (Å²) in [4.78, 5) is 13.6. The van der Waals surface area contributed by atoms with Crippen molar-refractivity contribution in [3.8, 4) is 11.5 Å². The molecule has 2 N–H and O–H groups in total. The summed E-state index contributed by atoms with van der Waals surface area (Å²) in [6.07, 6.45) is -3.70. The van der Waals surface area contributed by atoms with Gasteiger partial charge in [0, 0.05) is 26.1 Å². The van der Waals surface area contributed by atoms with E-state index in [2.05, 4.69) is 0 Å². The molecule has 0 aliphatic rings. The molecule has 0 heterocycles. The number of methoxy groups -OCH3 is 1. The third-order valence-electron chi connectivity index (χ3n) is 3.64. The van der Waals surface area contributed by atoms with Crippen LogP contribution in [0.1, 0.15) is 18.9 Å². The summed E-state index contributed by atoms with van der Waals surface area (Å²) < 4.78 is 46.4. The summed E-state index contributed by atoms with van der Waals surface area (Å²) in [5.41, 5.74) is 6.30. The Bertz CT molecular complexity index is 550. The van der Waals surface area contributed by atoms with E-state index in [1.54, 1.807) is 24.1 Å². The highest BCUT2D eigenvalue weighted by Crippen LogP contribution is 2.30. The van der Waals surface area contributed by atoms with Crippen molar-refractivity contribution in [2.24, 2.45) is 5.73 Å². The average molecular weight is 348 g/mol. The van der Waals surface area contributed by atoms with E-state index in [1.165, 1.54) is 13.2 Å². The lowest BCUT2D eigenvalue weighted by Crippen LogP contribution is -2.39. The van der Waals surface area contributed by atoms with Crippen LogP contribution in [0, 0.1) is 0 Å². The molecule has 1 amide bonds. The van der Waals surface area contributed by atoms with E-state index >= 15 is 0 Å². The number of hydrogen-bond donors (Lipinski definition) is 1. The standard InChI is InChI=1S/C16H23F3N2O3/c1-11(9-20)21(2)15(22)7-5-12-4-6-13(14(8-12)23-3)24-10-16(17,18)19/h4,6,8,11H,5,7,9-10,20H2,1-3H3. The first-order valence-electron chi connectivity index (χ1n) is 7.50. The van der Waals surface area contributed by atoms with Crippen LogP contribution in [0.15, 0.2) is 18.2 Å². The molecule has 0 fully saturated rings. The number of rotatable bonds is 8. The van der Waals surface area contributed by atoms with Crippen molar-refractivity contribution in [1.82, 2.24) is 4.90 Å². The van der Waals surface area contributed by atoms with E-state index in [4.69, 9.17) is 15.2 Å². The minimum Gasteiger partial charge on any atom is -0.493 e. The third-order valence-corrected chi connectivity index (χ3v) is 3.64. The topological polar surface area (TPSA) is 64.8 Å². The zero-order valence-corrected chi connectivity index (χ0v) is 14.0. The van der Waals surface area contributed by atoms with Gasteiger partial charge in [-0.1, -0.05) is 6.07 Å². The first-order chi connectivity index (χ1) is 11.2. The van der Waals surface area contributed by atoms with Gasteiger partial charge in [-0.3, -0.25) is 4.79 Å². The van der Waals surface area contributed by atoms with Crippen molar-refractivity contribution in [2.45, 2.75) is 32.0 Å². The molecule has 0 aliphatic heterocycles. The number of likely N-dealkylation sites (N-methyl/N-ethyl adjacent to an activating group) is 1. The molecule has 0 radical (unpaired) electrons. The quantitative estimate of drug-likeness (QED) is 0.783. The molecule has 0 spiro atoms. The molecule has 136 valence electrons. The zero-order chi connectivity index (χ0) is 18.3. The van der Waals surface area contributed by atoms with Crippen LogP contribution in [0.4, 0.5) is 13.2 Å². The van der Waals surface area contributed by atoms with Crippen LogP contribution in [0.25, 0.3) is 0 Å². The molecule has 1 unspecified atom stereocenters. The maximum Gasteiger partial charge on any atom is 0.422 e. The molecule has 1 atom stereocenters. The van der Waals surface area contributed by atoms with E-state index in [-0.39, 0.29) is 29.9 Å². The van der Waals surface area contributed by atoms with E-state index in [0.29, 0.717) is 13.0 Å². The maximum atomic E-state index is 12.2. The fourth-order valence-corrected chi connectivity index (χ4v) is 1.98.